The number of hydrogen-bond donors (Lipinski definition) is 1. The molecule has 1 fully saturated rings. The van der Waals surface area contributed by atoms with E-state index >= 15 is 0 Å². The Morgan fingerprint density at radius 3 is 2.54 bits per heavy atom. The molecule has 0 saturated carbocycles. The molecule has 1 N–H and O–H groups in total. The summed E-state index contributed by atoms with van der Waals surface area (Å²) >= 11 is 4.55. The Bertz CT molecular complexity index is 1000. The van der Waals surface area contributed by atoms with Crippen molar-refractivity contribution in [1.29, 1.82) is 0 Å². The van der Waals surface area contributed by atoms with E-state index in [2.05, 4.69) is 55.1 Å². The molecule has 4 nitrogen and oxygen atoms in total. The number of aromatic nitrogens is 1. The average molecular weight is 600 g/mol. The van der Waals surface area contributed by atoms with E-state index in [1.165, 1.54) is 25.9 Å². The summed E-state index contributed by atoms with van der Waals surface area (Å²) in [5, 5.41) is 0.973. The second-order valence-electron chi connectivity index (χ2n) is 7.17. The number of rotatable bonds is 6. The van der Waals surface area contributed by atoms with E-state index < -0.39 is 0 Å². The fraction of sp³-hybridized carbons (Fsp3) is 0.318. The molecule has 2 heterocycles. The predicted octanol–water partition coefficient (Wildman–Crippen LogP) is 5.39. The normalized spacial score (nSPS) is 14.7. The smallest absolute Gasteiger partial charge is 0.195 e. The quantitative estimate of drug-likeness (QED) is 0.305. The van der Waals surface area contributed by atoms with Gasteiger partial charge >= 0.3 is 0 Å². The number of nitrogens with one attached hydrogen (secondary N) is 1. The number of likely N-dealkylation sites (tertiary alicyclic amines) is 1. The lowest BCUT2D eigenvalue weighted by molar-refractivity contribution is 0.103. The van der Waals surface area contributed by atoms with E-state index in [4.69, 9.17) is 4.74 Å². The lowest BCUT2D eigenvalue weighted by atomic mass is 10.0. The molecule has 0 bridgehead atoms. The molecule has 0 aliphatic carbocycles. The van der Waals surface area contributed by atoms with Crippen molar-refractivity contribution in [3.63, 3.8) is 0 Å². The zero-order valence-electron chi connectivity index (χ0n) is 15.7. The molecule has 3 aromatic rings. The van der Waals surface area contributed by atoms with Gasteiger partial charge in [-0.3, -0.25) is 9.69 Å². The van der Waals surface area contributed by atoms with Gasteiger partial charge in [0, 0.05) is 28.7 Å². The first kappa shape index (κ1) is 20.2. The molecule has 2 aromatic carbocycles. The van der Waals surface area contributed by atoms with Gasteiger partial charge in [-0.2, -0.15) is 0 Å². The number of ketones is 1. The molecule has 28 heavy (non-hydrogen) atoms. The number of H-pyrrole nitrogens is 1. The number of carbonyl (C=O) groups excluding carboxylic acids is 1. The van der Waals surface area contributed by atoms with Crippen LogP contribution in [0.1, 0.15) is 34.5 Å². The Balaban J connectivity index is 1.56. The van der Waals surface area contributed by atoms with Crippen LogP contribution in [0.3, 0.4) is 0 Å². The molecule has 6 heteroatoms. The van der Waals surface area contributed by atoms with E-state index in [9.17, 15) is 4.79 Å². The Morgan fingerprint density at radius 1 is 1.14 bits per heavy atom. The summed E-state index contributed by atoms with van der Waals surface area (Å²) in [7, 11) is 0. The van der Waals surface area contributed by atoms with Crippen molar-refractivity contribution in [1.82, 2.24) is 9.88 Å². The zero-order valence-corrected chi connectivity index (χ0v) is 20.0. The van der Waals surface area contributed by atoms with Crippen LogP contribution in [0.25, 0.3) is 10.9 Å². The molecule has 146 valence electrons. The van der Waals surface area contributed by atoms with Gasteiger partial charge in [-0.1, -0.05) is 18.2 Å². The molecular formula is C22H22I2N2O2. The van der Waals surface area contributed by atoms with Crippen LogP contribution in [0.4, 0.5) is 0 Å². The highest BCUT2D eigenvalue weighted by atomic mass is 127. The van der Waals surface area contributed by atoms with Gasteiger partial charge in [-0.25, -0.2) is 0 Å². The van der Waals surface area contributed by atoms with Gasteiger partial charge in [0.25, 0.3) is 0 Å². The second-order valence-corrected chi connectivity index (χ2v) is 9.49. The summed E-state index contributed by atoms with van der Waals surface area (Å²) in [5.74, 6) is 0.932. The van der Waals surface area contributed by atoms with Crippen LogP contribution in [0, 0.1) is 14.1 Å². The highest BCUT2D eigenvalue weighted by Crippen LogP contribution is 2.31. The first-order valence-electron chi connectivity index (χ1n) is 9.51. The first-order valence-corrected chi connectivity index (χ1v) is 11.7. The third-order valence-corrected chi connectivity index (χ3v) is 6.84. The summed E-state index contributed by atoms with van der Waals surface area (Å²) in [6.07, 6.45) is 2.58. The molecule has 1 aliphatic rings. The van der Waals surface area contributed by atoms with Crippen LogP contribution in [0.2, 0.25) is 0 Å². The minimum atomic E-state index is 0.0504. The van der Waals surface area contributed by atoms with Crippen LogP contribution in [0.5, 0.6) is 5.75 Å². The largest absolute Gasteiger partial charge is 0.490 e. The highest BCUT2D eigenvalue weighted by Gasteiger charge is 2.20. The van der Waals surface area contributed by atoms with Crippen molar-refractivity contribution in [2.24, 2.45) is 0 Å². The molecule has 0 amide bonds. The summed E-state index contributed by atoms with van der Waals surface area (Å²) < 4.78 is 8.03. The molecule has 0 radical (unpaired) electrons. The minimum absolute atomic E-state index is 0.0504. The van der Waals surface area contributed by atoms with E-state index in [0.717, 1.165) is 41.6 Å². The zero-order chi connectivity index (χ0) is 19.7. The fourth-order valence-electron chi connectivity index (χ4n) is 3.83. The number of halogens is 2. The average Bonchev–Trinajstić information content (AvgIpc) is 3.30. The van der Waals surface area contributed by atoms with Crippen molar-refractivity contribution in [3.8, 4) is 5.75 Å². The van der Waals surface area contributed by atoms with Crippen molar-refractivity contribution in [2.45, 2.75) is 19.8 Å². The first-order chi connectivity index (χ1) is 13.5. The topological polar surface area (TPSA) is 45.3 Å². The van der Waals surface area contributed by atoms with E-state index in [0.29, 0.717) is 12.2 Å². The molecule has 1 aliphatic heterocycles. The lowest BCUT2D eigenvalue weighted by Gasteiger charge is -2.17. The maximum atomic E-state index is 13.3. The molecular weight excluding hydrogens is 578 g/mol. The van der Waals surface area contributed by atoms with Gasteiger partial charge < -0.3 is 9.72 Å². The van der Waals surface area contributed by atoms with Crippen LogP contribution in [0.15, 0.2) is 36.4 Å². The summed E-state index contributed by atoms with van der Waals surface area (Å²) in [5.41, 5.74) is 3.36. The van der Waals surface area contributed by atoms with Crippen LogP contribution < -0.4 is 4.74 Å². The number of nitrogens with zero attached hydrogens (tertiary/aromatic N) is 1. The molecule has 0 unspecified atom stereocenters. The molecule has 0 spiro atoms. The van der Waals surface area contributed by atoms with Gasteiger partial charge in [-0.15, -0.1) is 0 Å². The van der Waals surface area contributed by atoms with Gasteiger partial charge in [-0.05, 0) is 96.2 Å². The number of hydrogen-bond acceptors (Lipinski definition) is 3. The molecule has 1 saturated heterocycles. The number of benzene rings is 2. The number of aryl methyl sites for hydroxylation is 1. The number of fused-ring (bicyclic) bond motifs is 1. The number of carbonyl (C=O) groups is 1. The Labute approximate surface area is 192 Å². The standard InChI is InChI=1S/C22H22I2N2O2/c1-14-20(16-6-2-3-7-19(16)25-14)21(27)15-12-17(23)22(18(24)13-15)28-11-10-26-8-4-5-9-26/h2-3,6-7,12-13,25H,4-5,8-11H2,1H3. The van der Waals surface area contributed by atoms with Crippen molar-refractivity contribution >= 4 is 61.9 Å². The van der Waals surface area contributed by atoms with Gasteiger partial charge in [0.15, 0.2) is 5.78 Å². The number of ether oxygens (including phenoxy) is 1. The number of aromatic amines is 1. The maximum absolute atomic E-state index is 13.3. The summed E-state index contributed by atoms with van der Waals surface area (Å²) in [6, 6.07) is 11.8. The highest BCUT2D eigenvalue weighted by molar-refractivity contribution is 14.1. The molecule has 1 aromatic heterocycles. The third-order valence-electron chi connectivity index (χ3n) is 5.23. The monoisotopic (exact) mass is 600 g/mol. The van der Waals surface area contributed by atoms with Gasteiger partial charge in [0.2, 0.25) is 0 Å². The fourth-order valence-corrected chi connectivity index (χ4v) is 5.91. The Hall–Kier alpha value is -1.13. The minimum Gasteiger partial charge on any atom is -0.490 e. The van der Waals surface area contributed by atoms with Crippen LogP contribution >= 0.6 is 45.2 Å². The SMILES string of the molecule is Cc1[nH]c2ccccc2c1C(=O)c1cc(I)c(OCCN2CCCC2)c(I)c1. The van der Waals surface area contributed by atoms with Crippen molar-refractivity contribution in [3.05, 3.63) is 60.4 Å². The Morgan fingerprint density at radius 2 is 1.82 bits per heavy atom. The van der Waals surface area contributed by atoms with Crippen molar-refractivity contribution < 1.29 is 9.53 Å². The number of para-hydroxylation sites is 1. The van der Waals surface area contributed by atoms with Crippen molar-refractivity contribution in [2.75, 3.05) is 26.2 Å². The maximum Gasteiger partial charge on any atom is 0.195 e. The second kappa shape index (κ2) is 8.71. The third kappa shape index (κ3) is 4.09. The molecule has 0 atom stereocenters. The summed E-state index contributed by atoms with van der Waals surface area (Å²) in [6.45, 7) is 5.95. The van der Waals surface area contributed by atoms with Crippen LogP contribution in [-0.4, -0.2) is 41.9 Å². The van der Waals surface area contributed by atoms with E-state index in [1.54, 1.807) is 0 Å². The van der Waals surface area contributed by atoms with E-state index in [-0.39, 0.29) is 5.78 Å². The molecule has 4 rings (SSSR count). The lowest BCUT2D eigenvalue weighted by Crippen LogP contribution is -2.25. The van der Waals surface area contributed by atoms with E-state index in [1.807, 2.05) is 43.3 Å². The predicted molar refractivity (Wildman–Crippen MR) is 130 cm³/mol. The van der Waals surface area contributed by atoms with Crippen LogP contribution in [-0.2, 0) is 0 Å². The Kier molecular flexibility index (Phi) is 6.27. The summed E-state index contributed by atoms with van der Waals surface area (Å²) in [4.78, 5) is 19.0. The van der Waals surface area contributed by atoms with Gasteiger partial charge in [0.05, 0.1) is 12.7 Å². The van der Waals surface area contributed by atoms with Gasteiger partial charge in [0.1, 0.15) is 12.4 Å².